The number of fused-ring (bicyclic) bond motifs is 1. The van der Waals surface area contributed by atoms with Crippen molar-refractivity contribution in [2.75, 3.05) is 5.32 Å². The summed E-state index contributed by atoms with van der Waals surface area (Å²) in [4.78, 5) is 38.5. The van der Waals surface area contributed by atoms with Crippen LogP contribution in [0.2, 0.25) is 0 Å². The summed E-state index contributed by atoms with van der Waals surface area (Å²) in [5.74, 6) is -3.30. The predicted molar refractivity (Wildman–Crippen MR) is 121 cm³/mol. The van der Waals surface area contributed by atoms with E-state index in [0.29, 0.717) is 29.6 Å². The lowest BCUT2D eigenvalue weighted by Crippen LogP contribution is -2.24. The predicted octanol–water partition coefficient (Wildman–Crippen LogP) is 4.63. The molecule has 1 amide bonds. The molecule has 0 saturated carbocycles. The highest BCUT2D eigenvalue weighted by molar-refractivity contribution is 6.07. The molecule has 1 N–H and O–H groups in total. The van der Waals surface area contributed by atoms with Gasteiger partial charge in [0, 0.05) is 37.0 Å². The first-order valence-corrected chi connectivity index (χ1v) is 10.4. The lowest BCUT2D eigenvalue weighted by Gasteiger charge is -2.17. The van der Waals surface area contributed by atoms with E-state index in [0.717, 1.165) is 6.92 Å². The molecule has 2 aromatic carbocycles. The summed E-state index contributed by atoms with van der Waals surface area (Å²) in [5, 5.41) is 3.03. The van der Waals surface area contributed by atoms with Crippen molar-refractivity contribution in [2.45, 2.75) is 32.7 Å². The third kappa shape index (κ3) is 4.48. The Hall–Kier alpha value is -4.01. The number of benzene rings is 2. The number of halogens is 2. The van der Waals surface area contributed by atoms with Crippen molar-refractivity contribution in [3.8, 4) is 11.4 Å². The minimum absolute atomic E-state index is 0.104. The first-order valence-electron chi connectivity index (χ1n) is 10.4. The van der Waals surface area contributed by atoms with E-state index in [2.05, 4.69) is 20.3 Å². The molecule has 2 aromatic heterocycles. The van der Waals surface area contributed by atoms with Crippen LogP contribution in [0.3, 0.4) is 0 Å². The second-order valence-electron chi connectivity index (χ2n) is 7.61. The maximum Gasteiger partial charge on any atom is 0.275 e. The Morgan fingerprint density at radius 3 is 2.64 bits per heavy atom. The number of hydrogen-bond acceptors (Lipinski definition) is 5. The zero-order valence-electron chi connectivity index (χ0n) is 18.0. The second kappa shape index (κ2) is 8.85. The average molecular weight is 449 g/mol. The van der Waals surface area contributed by atoms with Crippen LogP contribution in [0.5, 0.6) is 0 Å². The fraction of sp³-hybridized carbons (Fsp3) is 0.208. The Labute approximate surface area is 188 Å². The van der Waals surface area contributed by atoms with E-state index in [4.69, 9.17) is 0 Å². The number of carbonyl (C=O) groups is 1. The maximum atomic E-state index is 14.0. The van der Waals surface area contributed by atoms with Crippen LogP contribution in [-0.4, -0.2) is 25.4 Å². The number of hydrogen-bond donors (Lipinski definition) is 1. The minimum Gasteiger partial charge on any atom is -0.319 e. The third-order valence-corrected chi connectivity index (χ3v) is 5.10. The van der Waals surface area contributed by atoms with Crippen molar-refractivity contribution < 1.29 is 13.6 Å². The van der Waals surface area contributed by atoms with Gasteiger partial charge in [-0.1, -0.05) is 31.2 Å². The van der Waals surface area contributed by atoms with Crippen LogP contribution in [-0.2, 0) is 12.5 Å². The number of nitrogens with one attached hydrogen (secondary N) is 1. The van der Waals surface area contributed by atoms with Gasteiger partial charge < -0.3 is 5.32 Å². The number of anilines is 1. The summed E-state index contributed by atoms with van der Waals surface area (Å²) in [7, 11) is 0. The van der Waals surface area contributed by atoms with Gasteiger partial charge in [0.1, 0.15) is 17.0 Å². The second-order valence-corrected chi connectivity index (χ2v) is 7.61. The summed E-state index contributed by atoms with van der Waals surface area (Å²) in [5.41, 5.74) is 0.559. The largest absolute Gasteiger partial charge is 0.319 e. The summed E-state index contributed by atoms with van der Waals surface area (Å²) in [6, 6.07) is 10.7. The van der Waals surface area contributed by atoms with Crippen LogP contribution in [0.15, 0.2) is 65.8 Å². The highest BCUT2D eigenvalue weighted by atomic mass is 19.3. The number of para-hydroxylation sites is 1. The maximum absolute atomic E-state index is 14.0. The molecule has 0 saturated heterocycles. The molecular formula is C24H21F2N5O2. The van der Waals surface area contributed by atoms with Gasteiger partial charge in [0.05, 0.1) is 17.3 Å². The summed E-state index contributed by atoms with van der Waals surface area (Å²) in [6.45, 7) is 3.09. The molecule has 0 bridgehead atoms. The third-order valence-electron chi connectivity index (χ3n) is 5.10. The van der Waals surface area contributed by atoms with Crippen LogP contribution >= 0.6 is 0 Å². The van der Waals surface area contributed by atoms with Gasteiger partial charge in [-0.3, -0.25) is 19.1 Å². The van der Waals surface area contributed by atoms with Crippen LogP contribution in [0, 0.1) is 0 Å². The molecule has 33 heavy (non-hydrogen) atoms. The fourth-order valence-electron chi connectivity index (χ4n) is 3.53. The first kappa shape index (κ1) is 22.2. The lowest BCUT2D eigenvalue weighted by atomic mass is 10.1. The van der Waals surface area contributed by atoms with E-state index in [1.54, 1.807) is 24.3 Å². The highest BCUT2D eigenvalue weighted by Crippen LogP contribution is 2.31. The number of amides is 1. The molecule has 168 valence electrons. The van der Waals surface area contributed by atoms with Crippen LogP contribution in [0.4, 0.5) is 14.5 Å². The molecule has 4 aromatic rings. The van der Waals surface area contributed by atoms with Gasteiger partial charge in [-0.05, 0) is 24.6 Å². The molecule has 0 aliphatic rings. The molecule has 0 aliphatic heterocycles. The molecule has 0 atom stereocenters. The normalized spacial score (nSPS) is 11.5. The van der Waals surface area contributed by atoms with Crippen LogP contribution in [0.1, 0.15) is 36.3 Å². The fourth-order valence-corrected chi connectivity index (χ4v) is 3.53. The lowest BCUT2D eigenvalue weighted by molar-refractivity contribution is 0.0175. The molecule has 0 radical (unpaired) electrons. The van der Waals surface area contributed by atoms with Crippen molar-refractivity contribution >= 4 is 22.5 Å². The van der Waals surface area contributed by atoms with Gasteiger partial charge >= 0.3 is 0 Å². The van der Waals surface area contributed by atoms with E-state index in [1.807, 2.05) is 6.92 Å². The van der Waals surface area contributed by atoms with Crippen molar-refractivity contribution in [1.29, 1.82) is 0 Å². The Balaban J connectivity index is 1.90. The van der Waals surface area contributed by atoms with Gasteiger partial charge in [-0.25, -0.2) is 18.7 Å². The minimum atomic E-state index is -3.04. The summed E-state index contributed by atoms with van der Waals surface area (Å²) < 4.78 is 29.4. The number of nitrogens with zero attached hydrogens (tertiary/aromatic N) is 4. The molecule has 0 unspecified atom stereocenters. The molecule has 4 rings (SSSR count). The van der Waals surface area contributed by atoms with Gasteiger partial charge in [0.15, 0.2) is 0 Å². The standard InChI is InChI=1S/C24H21F2N5O2/c1-3-12-31-21(15-6-4-7-16(13-15)24(2,25)26)30-20-17(23(31)33)8-5-9-18(20)29-22(32)19-14-27-10-11-28-19/h4-11,13-14H,3,12H2,1-2H3,(H,29,32). The number of carbonyl (C=O) groups excluding carboxylic acids is 1. The van der Waals surface area contributed by atoms with Crippen LogP contribution in [0.25, 0.3) is 22.3 Å². The Kier molecular flexibility index (Phi) is 5.95. The molecule has 0 aliphatic carbocycles. The molecule has 9 heteroatoms. The Morgan fingerprint density at radius 1 is 1.15 bits per heavy atom. The van der Waals surface area contributed by atoms with E-state index < -0.39 is 11.8 Å². The van der Waals surface area contributed by atoms with Crippen molar-refractivity contribution in [1.82, 2.24) is 19.5 Å². The van der Waals surface area contributed by atoms with E-state index in [9.17, 15) is 18.4 Å². The molecule has 0 fully saturated rings. The zero-order chi connectivity index (χ0) is 23.6. The number of aromatic nitrogens is 4. The van der Waals surface area contributed by atoms with E-state index in [1.165, 1.54) is 41.4 Å². The van der Waals surface area contributed by atoms with Gasteiger partial charge in [0.2, 0.25) is 0 Å². The SMILES string of the molecule is CCCn1c(-c2cccc(C(C)(F)F)c2)nc2c(NC(=O)c3cnccn3)cccc2c1=O. The highest BCUT2D eigenvalue weighted by Gasteiger charge is 2.25. The first-order chi connectivity index (χ1) is 15.8. The number of alkyl halides is 2. The molecule has 0 spiro atoms. The smallest absolute Gasteiger partial charge is 0.275 e. The van der Waals surface area contributed by atoms with E-state index in [-0.39, 0.29) is 28.2 Å². The summed E-state index contributed by atoms with van der Waals surface area (Å²) in [6.07, 6.45) is 4.82. The molecule has 7 nitrogen and oxygen atoms in total. The quantitative estimate of drug-likeness (QED) is 0.464. The zero-order valence-corrected chi connectivity index (χ0v) is 18.0. The van der Waals surface area contributed by atoms with Gasteiger partial charge in [0.25, 0.3) is 17.4 Å². The van der Waals surface area contributed by atoms with Crippen LogP contribution < -0.4 is 10.9 Å². The monoisotopic (exact) mass is 449 g/mol. The van der Waals surface area contributed by atoms with Gasteiger partial charge in [-0.2, -0.15) is 0 Å². The Morgan fingerprint density at radius 2 is 1.94 bits per heavy atom. The molecular weight excluding hydrogens is 428 g/mol. The number of rotatable bonds is 6. The van der Waals surface area contributed by atoms with Crippen molar-refractivity contribution in [3.05, 3.63) is 82.7 Å². The van der Waals surface area contributed by atoms with Gasteiger partial charge in [-0.15, -0.1) is 0 Å². The molecule has 2 heterocycles. The van der Waals surface area contributed by atoms with Crippen molar-refractivity contribution in [2.24, 2.45) is 0 Å². The van der Waals surface area contributed by atoms with Crippen molar-refractivity contribution in [3.63, 3.8) is 0 Å². The summed E-state index contributed by atoms with van der Waals surface area (Å²) >= 11 is 0. The topological polar surface area (TPSA) is 89.8 Å². The Bertz CT molecular complexity index is 1380. The van der Waals surface area contributed by atoms with E-state index >= 15 is 0 Å². The average Bonchev–Trinajstić information content (AvgIpc) is 2.81.